The summed E-state index contributed by atoms with van der Waals surface area (Å²) >= 11 is 0. The molecule has 1 heterocycles. The molecule has 170 valence electrons. The Morgan fingerprint density at radius 2 is 1.52 bits per heavy atom. The van der Waals surface area contributed by atoms with Crippen molar-refractivity contribution in [1.82, 2.24) is 0 Å². The maximum Gasteiger partial charge on any atom is 0.104 e. The quantitative estimate of drug-likeness (QED) is 0.125. The van der Waals surface area contributed by atoms with Crippen LogP contribution in [-0.4, -0.2) is 31.5 Å². The van der Waals surface area contributed by atoms with E-state index < -0.39 is 0 Å². The molecule has 2 rings (SSSR count). The van der Waals surface area contributed by atoms with Crippen molar-refractivity contribution in [3.05, 3.63) is 12.8 Å². The molecule has 2 unspecified atom stereocenters. The monoisotopic (exact) mass is 408 g/mol. The van der Waals surface area contributed by atoms with Crippen molar-refractivity contribution in [2.24, 2.45) is 5.92 Å². The number of rotatable bonds is 19. The van der Waals surface area contributed by atoms with Crippen LogP contribution in [0.1, 0.15) is 116 Å². The summed E-state index contributed by atoms with van der Waals surface area (Å²) in [4.78, 5) is 0. The van der Waals surface area contributed by atoms with Crippen molar-refractivity contribution >= 4 is 0 Å². The van der Waals surface area contributed by atoms with Crippen LogP contribution in [0.4, 0.5) is 0 Å². The highest BCUT2D eigenvalue weighted by molar-refractivity contribution is 4.91. The van der Waals surface area contributed by atoms with E-state index in [2.05, 4.69) is 13.5 Å². The van der Waals surface area contributed by atoms with Gasteiger partial charge in [0.25, 0.3) is 0 Å². The molecule has 0 spiro atoms. The molecule has 0 aromatic carbocycles. The lowest BCUT2D eigenvalue weighted by atomic mass is 9.72. The van der Waals surface area contributed by atoms with Crippen LogP contribution in [0.3, 0.4) is 0 Å². The number of ether oxygens (including phenoxy) is 3. The Morgan fingerprint density at radius 1 is 0.897 bits per heavy atom. The summed E-state index contributed by atoms with van der Waals surface area (Å²) in [5.41, 5.74) is 0.132. The van der Waals surface area contributed by atoms with Gasteiger partial charge in [0, 0.05) is 0 Å². The lowest BCUT2D eigenvalue weighted by molar-refractivity contribution is -0.113. The fourth-order valence-corrected chi connectivity index (χ4v) is 5.08. The first-order valence-corrected chi connectivity index (χ1v) is 12.8. The molecule has 29 heavy (non-hydrogen) atoms. The fraction of sp³-hybridized carbons (Fsp3) is 0.923. The van der Waals surface area contributed by atoms with Crippen LogP contribution < -0.4 is 0 Å². The zero-order valence-electron chi connectivity index (χ0n) is 19.3. The van der Waals surface area contributed by atoms with Crippen LogP contribution >= 0.6 is 0 Å². The molecule has 2 fully saturated rings. The Hall–Kier alpha value is -0.540. The fourth-order valence-electron chi connectivity index (χ4n) is 5.08. The minimum Gasteiger partial charge on any atom is -0.502 e. The Bertz CT molecular complexity index is 401. The van der Waals surface area contributed by atoms with Gasteiger partial charge >= 0.3 is 0 Å². The van der Waals surface area contributed by atoms with Gasteiger partial charge in [-0.3, -0.25) is 0 Å². The van der Waals surface area contributed by atoms with Crippen molar-refractivity contribution in [3.63, 3.8) is 0 Å². The van der Waals surface area contributed by atoms with Gasteiger partial charge in [-0.05, 0) is 38.0 Å². The van der Waals surface area contributed by atoms with Gasteiger partial charge in [0.2, 0.25) is 0 Å². The number of hydrogen-bond acceptors (Lipinski definition) is 3. The molecule has 2 atom stereocenters. The zero-order chi connectivity index (χ0) is 20.6. The first kappa shape index (κ1) is 24.7. The summed E-state index contributed by atoms with van der Waals surface area (Å²) in [5.74, 6) is 0.777. The predicted molar refractivity (Wildman–Crippen MR) is 122 cm³/mol. The van der Waals surface area contributed by atoms with Crippen molar-refractivity contribution in [1.29, 1.82) is 0 Å². The summed E-state index contributed by atoms with van der Waals surface area (Å²) in [6, 6.07) is 0. The molecule has 1 aliphatic heterocycles. The number of hydrogen-bond donors (Lipinski definition) is 0. The summed E-state index contributed by atoms with van der Waals surface area (Å²) in [6.45, 7) is 8.47. The van der Waals surface area contributed by atoms with Gasteiger partial charge in [-0.15, -0.1) is 0 Å². The van der Waals surface area contributed by atoms with E-state index in [4.69, 9.17) is 14.2 Å². The van der Waals surface area contributed by atoms with E-state index in [0.29, 0.717) is 6.10 Å². The molecular weight excluding hydrogens is 360 g/mol. The van der Waals surface area contributed by atoms with Gasteiger partial charge in [-0.1, -0.05) is 90.6 Å². The van der Waals surface area contributed by atoms with Gasteiger partial charge in [-0.25, -0.2) is 0 Å². The van der Waals surface area contributed by atoms with Crippen LogP contribution in [0.25, 0.3) is 0 Å². The van der Waals surface area contributed by atoms with Gasteiger partial charge in [0.1, 0.15) is 6.10 Å². The molecule has 1 saturated carbocycles. The first-order valence-electron chi connectivity index (χ1n) is 12.8. The highest BCUT2D eigenvalue weighted by Gasteiger charge is 2.40. The second-order valence-corrected chi connectivity index (χ2v) is 9.39. The molecule has 0 bridgehead atoms. The van der Waals surface area contributed by atoms with E-state index in [1.165, 1.54) is 103 Å². The van der Waals surface area contributed by atoms with E-state index in [9.17, 15) is 0 Å². The minimum atomic E-state index is 0.132. The summed E-state index contributed by atoms with van der Waals surface area (Å²) in [7, 11) is 0. The van der Waals surface area contributed by atoms with Crippen LogP contribution in [0.2, 0.25) is 0 Å². The molecule has 2 aliphatic rings. The van der Waals surface area contributed by atoms with E-state index in [1.54, 1.807) is 6.26 Å². The molecule has 0 radical (unpaired) electrons. The maximum absolute atomic E-state index is 6.74. The van der Waals surface area contributed by atoms with Gasteiger partial charge < -0.3 is 14.2 Å². The lowest BCUT2D eigenvalue weighted by Crippen LogP contribution is -2.43. The molecule has 1 saturated heterocycles. The second-order valence-electron chi connectivity index (χ2n) is 9.39. The SMILES string of the molecule is C=COCCCCCCCCCCC(CCCC)(OCC1CO1)C1CCCCC1. The Kier molecular flexibility index (Phi) is 13.0. The van der Waals surface area contributed by atoms with Crippen molar-refractivity contribution in [3.8, 4) is 0 Å². The Labute approximate surface area is 181 Å². The average molecular weight is 409 g/mol. The Morgan fingerprint density at radius 3 is 2.14 bits per heavy atom. The lowest BCUT2D eigenvalue weighted by Gasteiger charge is -2.43. The Balaban J connectivity index is 1.68. The highest BCUT2D eigenvalue weighted by Crippen LogP contribution is 2.42. The normalized spacial score (nSPS) is 21.6. The summed E-state index contributed by atoms with van der Waals surface area (Å²) < 4.78 is 17.4. The smallest absolute Gasteiger partial charge is 0.104 e. The van der Waals surface area contributed by atoms with Crippen molar-refractivity contribution in [2.45, 2.75) is 128 Å². The third-order valence-corrected chi connectivity index (χ3v) is 6.99. The number of epoxide rings is 1. The van der Waals surface area contributed by atoms with E-state index in [1.807, 2.05) is 0 Å². The first-order chi connectivity index (χ1) is 14.3. The standard InChI is InChI=1S/C26H48O3/c1-3-5-19-26(29-23-25-22-28-25,24-17-13-12-14-18-24)20-15-10-8-6-7-9-11-16-21-27-4-2/h4,24-25H,2-3,5-23H2,1H3. The highest BCUT2D eigenvalue weighted by atomic mass is 16.6. The molecule has 1 aliphatic carbocycles. The van der Waals surface area contributed by atoms with Gasteiger partial charge in [0.15, 0.2) is 0 Å². The second kappa shape index (κ2) is 15.3. The third-order valence-electron chi connectivity index (χ3n) is 6.99. The molecule has 0 aromatic heterocycles. The largest absolute Gasteiger partial charge is 0.502 e. The molecular formula is C26H48O3. The topological polar surface area (TPSA) is 31.0 Å². The zero-order valence-corrected chi connectivity index (χ0v) is 19.3. The van der Waals surface area contributed by atoms with Crippen LogP contribution in [0.15, 0.2) is 12.8 Å². The van der Waals surface area contributed by atoms with Gasteiger partial charge in [0.05, 0.1) is 31.7 Å². The molecule has 0 N–H and O–H groups in total. The summed E-state index contributed by atoms with van der Waals surface area (Å²) in [5, 5.41) is 0. The average Bonchev–Trinajstić information content (AvgIpc) is 3.59. The van der Waals surface area contributed by atoms with Crippen LogP contribution in [0, 0.1) is 5.92 Å². The van der Waals surface area contributed by atoms with E-state index in [-0.39, 0.29) is 5.60 Å². The molecule has 0 aromatic rings. The van der Waals surface area contributed by atoms with E-state index >= 15 is 0 Å². The van der Waals surface area contributed by atoms with Crippen LogP contribution in [-0.2, 0) is 14.2 Å². The predicted octanol–water partition coefficient (Wildman–Crippen LogP) is 7.58. The third kappa shape index (κ3) is 10.4. The minimum absolute atomic E-state index is 0.132. The number of unbranched alkanes of at least 4 members (excludes halogenated alkanes) is 8. The summed E-state index contributed by atoms with van der Waals surface area (Å²) in [6.07, 6.45) is 24.6. The van der Waals surface area contributed by atoms with Crippen LogP contribution in [0.5, 0.6) is 0 Å². The van der Waals surface area contributed by atoms with Crippen molar-refractivity contribution in [2.75, 3.05) is 19.8 Å². The maximum atomic E-state index is 6.74. The van der Waals surface area contributed by atoms with Crippen molar-refractivity contribution < 1.29 is 14.2 Å². The molecule has 3 heteroatoms. The van der Waals surface area contributed by atoms with Gasteiger partial charge in [-0.2, -0.15) is 0 Å². The van der Waals surface area contributed by atoms with E-state index in [0.717, 1.165) is 32.2 Å². The molecule has 0 amide bonds. The molecule has 3 nitrogen and oxygen atoms in total.